The molecular weight excluding hydrogens is 234 g/mol. The van der Waals surface area contributed by atoms with Gasteiger partial charge in [-0.05, 0) is 29.2 Å². The molecule has 0 heterocycles. The van der Waals surface area contributed by atoms with Crippen LogP contribution in [0.2, 0.25) is 0 Å². The Labute approximate surface area is 112 Å². The van der Waals surface area contributed by atoms with Crippen molar-refractivity contribution in [2.24, 2.45) is 5.92 Å². The molecule has 0 spiro atoms. The van der Waals surface area contributed by atoms with Crippen LogP contribution in [0.3, 0.4) is 0 Å². The second-order valence-corrected chi connectivity index (χ2v) is 4.96. The number of ketones is 1. The zero-order valence-corrected chi connectivity index (χ0v) is 10.7. The Morgan fingerprint density at radius 1 is 1.05 bits per heavy atom. The summed E-state index contributed by atoms with van der Waals surface area (Å²) in [6, 6.07) is 15.6. The molecule has 0 bridgehead atoms. The van der Waals surface area contributed by atoms with Crippen LogP contribution in [0.25, 0.3) is 11.1 Å². The van der Waals surface area contributed by atoms with E-state index >= 15 is 0 Å². The maximum atomic E-state index is 12.1. The predicted molar refractivity (Wildman–Crippen MR) is 73.8 cm³/mol. The maximum Gasteiger partial charge on any atom is 0.166 e. The summed E-state index contributed by atoms with van der Waals surface area (Å²) in [5.74, 6) is 0.261. The molecule has 2 heteroatoms. The molecule has 0 fully saturated rings. The molecule has 0 saturated heterocycles. The van der Waals surface area contributed by atoms with Gasteiger partial charge in [-0.25, -0.2) is 0 Å². The Balaban J connectivity index is 2.24. The summed E-state index contributed by atoms with van der Waals surface area (Å²) in [5.41, 5.74) is 4.50. The van der Waals surface area contributed by atoms with Gasteiger partial charge in [-0.15, -0.1) is 0 Å². The van der Waals surface area contributed by atoms with Gasteiger partial charge in [0, 0.05) is 11.5 Å². The fourth-order valence-corrected chi connectivity index (χ4v) is 2.77. The van der Waals surface area contributed by atoms with Crippen molar-refractivity contribution >= 4 is 5.78 Å². The zero-order chi connectivity index (χ0) is 13.4. The first kappa shape index (κ1) is 11.7. The average molecular weight is 247 g/mol. The lowest BCUT2D eigenvalue weighted by molar-refractivity contribution is 0.0946. The highest BCUT2D eigenvalue weighted by Gasteiger charge is 2.29. The van der Waals surface area contributed by atoms with Gasteiger partial charge in [0.2, 0.25) is 0 Å². The number of carbonyl (C=O) groups excluding carboxylic acids is 1. The van der Waals surface area contributed by atoms with Gasteiger partial charge in [-0.3, -0.25) is 4.79 Å². The third-order valence-corrected chi connectivity index (χ3v) is 3.74. The lowest BCUT2D eigenvalue weighted by atomic mass is 9.93. The van der Waals surface area contributed by atoms with Gasteiger partial charge < -0.3 is 0 Å². The molecule has 0 aliphatic heterocycles. The van der Waals surface area contributed by atoms with Crippen LogP contribution in [-0.2, 0) is 6.42 Å². The molecule has 0 radical (unpaired) electrons. The summed E-state index contributed by atoms with van der Waals surface area (Å²) in [6.07, 6.45) is 0.768. The van der Waals surface area contributed by atoms with Crippen molar-refractivity contribution in [3.63, 3.8) is 0 Å². The fourth-order valence-electron chi connectivity index (χ4n) is 2.77. The molecule has 1 aliphatic rings. The van der Waals surface area contributed by atoms with E-state index < -0.39 is 0 Å². The second-order valence-electron chi connectivity index (χ2n) is 4.96. The molecule has 2 aromatic carbocycles. The van der Waals surface area contributed by atoms with Crippen molar-refractivity contribution in [2.75, 3.05) is 0 Å². The van der Waals surface area contributed by atoms with Crippen LogP contribution in [-0.4, -0.2) is 5.78 Å². The van der Waals surface area contributed by atoms with Gasteiger partial charge in [-0.1, -0.05) is 43.3 Å². The van der Waals surface area contributed by atoms with Gasteiger partial charge in [-0.2, -0.15) is 5.26 Å². The molecular formula is C17H13NO. The summed E-state index contributed by atoms with van der Waals surface area (Å²) in [6.45, 7) is 1.96. The van der Waals surface area contributed by atoms with Crippen LogP contribution in [0.1, 0.15) is 28.4 Å². The highest BCUT2D eigenvalue weighted by atomic mass is 16.1. The molecule has 2 nitrogen and oxygen atoms in total. The van der Waals surface area contributed by atoms with Gasteiger partial charge in [0.1, 0.15) is 0 Å². The number of nitriles is 1. The van der Waals surface area contributed by atoms with Gasteiger partial charge in [0.15, 0.2) is 5.78 Å². The number of fused-ring (bicyclic) bond motifs is 1. The van der Waals surface area contributed by atoms with Gasteiger partial charge in [0.25, 0.3) is 0 Å². The highest BCUT2D eigenvalue weighted by molar-refractivity contribution is 6.04. The largest absolute Gasteiger partial charge is 0.294 e. The van der Waals surface area contributed by atoms with E-state index in [0.717, 1.165) is 28.7 Å². The number of nitrogens with zero attached hydrogens (tertiary/aromatic N) is 1. The summed E-state index contributed by atoms with van der Waals surface area (Å²) >= 11 is 0. The summed E-state index contributed by atoms with van der Waals surface area (Å²) in [7, 11) is 0. The van der Waals surface area contributed by atoms with E-state index in [2.05, 4.69) is 6.07 Å². The summed E-state index contributed by atoms with van der Waals surface area (Å²) in [5, 5.41) is 9.22. The lowest BCUT2D eigenvalue weighted by Gasteiger charge is -2.09. The highest BCUT2D eigenvalue weighted by Crippen LogP contribution is 2.35. The maximum absolute atomic E-state index is 12.1. The molecule has 0 aromatic heterocycles. The first-order valence-electron chi connectivity index (χ1n) is 6.38. The third-order valence-electron chi connectivity index (χ3n) is 3.74. The van der Waals surface area contributed by atoms with Crippen LogP contribution < -0.4 is 0 Å². The standard InChI is InChI=1S/C17H13NO/c1-11-9-16-14(7-4-8-15(16)17(11)19)13-6-3-2-5-12(13)10-18/h2-8,11H,9H2,1H3. The SMILES string of the molecule is CC1Cc2c(cccc2-c2ccccc2C#N)C1=O. The average Bonchev–Trinajstić information content (AvgIpc) is 2.74. The van der Waals surface area contributed by atoms with Crippen molar-refractivity contribution < 1.29 is 4.79 Å². The second kappa shape index (κ2) is 4.37. The topological polar surface area (TPSA) is 40.9 Å². The minimum atomic E-state index is 0.0467. The summed E-state index contributed by atoms with van der Waals surface area (Å²) < 4.78 is 0. The fraction of sp³-hybridized carbons (Fsp3) is 0.176. The van der Waals surface area contributed by atoms with Crippen molar-refractivity contribution in [2.45, 2.75) is 13.3 Å². The monoisotopic (exact) mass is 247 g/mol. The number of Topliss-reactive ketones (excluding diaryl/α,β-unsaturated/α-hetero) is 1. The Kier molecular flexibility index (Phi) is 2.68. The van der Waals surface area contributed by atoms with E-state index in [1.807, 2.05) is 49.4 Å². The lowest BCUT2D eigenvalue weighted by Crippen LogP contribution is -2.02. The molecule has 0 N–H and O–H groups in total. The molecule has 0 saturated carbocycles. The predicted octanol–water partition coefficient (Wildman–Crippen LogP) is 3.60. The number of hydrogen-bond acceptors (Lipinski definition) is 2. The van der Waals surface area contributed by atoms with E-state index in [1.54, 1.807) is 0 Å². The molecule has 3 rings (SSSR count). The Bertz CT molecular complexity index is 709. The van der Waals surface area contributed by atoms with E-state index in [1.165, 1.54) is 0 Å². The van der Waals surface area contributed by atoms with E-state index in [4.69, 9.17) is 0 Å². The third kappa shape index (κ3) is 1.75. The smallest absolute Gasteiger partial charge is 0.166 e. The van der Waals surface area contributed by atoms with Crippen LogP contribution in [0.5, 0.6) is 0 Å². The summed E-state index contributed by atoms with van der Waals surface area (Å²) in [4.78, 5) is 12.1. The van der Waals surface area contributed by atoms with Crippen LogP contribution >= 0.6 is 0 Å². The van der Waals surface area contributed by atoms with Crippen molar-refractivity contribution in [1.29, 1.82) is 5.26 Å². The van der Waals surface area contributed by atoms with Crippen LogP contribution in [0.4, 0.5) is 0 Å². The van der Waals surface area contributed by atoms with E-state index in [-0.39, 0.29) is 11.7 Å². The van der Waals surface area contributed by atoms with E-state index in [9.17, 15) is 10.1 Å². The molecule has 1 unspecified atom stereocenters. The number of carbonyl (C=O) groups is 1. The van der Waals surface area contributed by atoms with Crippen molar-refractivity contribution in [3.8, 4) is 17.2 Å². The van der Waals surface area contributed by atoms with Crippen LogP contribution in [0.15, 0.2) is 42.5 Å². The number of hydrogen-bond donors (Lipinski definition) is 0. The van der Waals surface area contributed by atoms with Gasteiger partial charge >= 0.3 is 0 Å². The number of rotatable bonds is 1. The number of benzene rings is 2. The zero-order valence-electron chi connectivity index (χ0n) is 10.7. The normalized spacial score (nSPS) is 17.1. The molecule has 1 atom stereocenters. The minimum Gasteiger partial charge on any atom is -0.294 e. The van der Waals surface area contributed by atoms with E-state index in [0.29, 0.717) is 5.56 Å². The van der Waals surface area contributed by atoms with Crippen molar-refractivity contribution in [3.05, 3.63) is 59.2 Å². The molecule has 92 valence electrons. The minimum absolute atomic E-state index is 0.0467. The molecule has 2 aromatic rings. The van der Waals surface area contributed by atoms with Crippen LogP contribution in [0, 0.1) is 17.2 Å². The van der Waals surface area contributed by atoms with Crippen molar-refractivity contribution in [1.82, 2.24) is 0 Å². The first-order chi connectivity index (χ1) is 9.22. The Morgan fingerprint density at radius 3 is 2.53 bits per heavy atom. The molecule has 0 amide bonds. The Hall–Kier alpha value is -2.40. The molecule has 19 heavy (non-hydrogen) atoms. The molecule has 1 aliphatic carbocycles. The first-order valence-corrected chi connectivity index (χ1v) is 6.38. The Morgan fingerprint density at radius 2 is 1.74 bits per heavy atom. The quantitative estimate of drug-likeness (QED) is 0.772. The van der Waals surface area contributed by atoms with Gasteiger partial charge in [0.05, 0.1) is 11.6 Å².